The molecule has 92 valence electrons. The van der Waals surface area contributed by atoms with Gasteiger partial charge in [0.2, 0.25) is 5.91 Å². The molecule has 1 aromatic rings. The van der Waals surface area contributed by atoms with Gasteiger partial charge in [0, 0.05) is 20.2 Å². The summed E-state index contributed by atoms with van der Waals surface area (Å²) in [7, 11) is 1.59. The van der Waals surface area contributed by atoms with Crippen molar-refractivity contribution in [3.8, 4) is 0 Å². The summed E-state index contributed by atoms with van der Waals surface area (Å²) in [5.41, 5.74) is -0.388. The van der Waals surface area contributed by atoms with Crippen molar-refractivity contribution in [3.63, 3.8) is 0 Å². The normalized spacial score (nSPS) is 7.88. The van der Waals surface area contributed by atoms with Crippen molar-refractivity contribution >= 4 is 11.7 Å². The third-order valence-corrected chi connectivity index (χ3v) is 1.28. The lowest BCUT2D eigenvalue weighted by Crippen LogP contribution is -2.21. The van der Waals surface area contributed by atoms with E-state index in [2.05, 4.69) is 10.3 Å². The van der Waals surface area contributed by atoms with Crippen molar-refractivity contribution in [3.05, 3.63) is 22.7 Å². The minimum atomic E-state index is -0.388. The summed E-state index contributed by atoms with van der Waals surface area (Å²) >= 11 is 0. The van der Waals surface area contributed by atoms with Crippen LogP contribution in [0.5, 0.6) is 0 Å². The van der Waals surface area contributed by atoms with Gasteiger partial charge in [-0.25, -0.2) is 4.79 Å². The molecule has 5 nitrogen and oxygen atoms in total. The Kier molecular flexibility index (Phi) is 10.4. The van der Waals surface area contributed by atoms with Crippen LogP contribution in [0.1, 0.15) is 34.6 Å². The largest absolute Gasteiger partial charge is 0.349 e. The van der Waals surface area contributed by atoms with Crippen molar-refractivity contribution in [2.75, 3.05) is 5.32 Å². The zero-order valence-corrected chi connectivity index (χ0v) is 10.9. The Morgan fingerprint density at radius 2 is 1.81 bits per heavy atom. The molecule has 0 aliphatic carbocycles. The average molecular weight is 227 g/mol. The minimum Gasteiger partial charge on any atom is -0.311 e. The summed E-state index contributed by atoms with van der Waals surface area (Å²) in [6.07, 6.45) is 1.54. The monoisotopic (exact) mass is 227 g/mol. The molecule has 1 amide bonds. The summed E-state index contributed by atoms with van der Waals surface area (Å²) in [6.45, 7) is 9.36. The summed E-state index contributed by atoms with van der Waals surface area (Å²) in [5, 5.41) is 2.41. The van der Waals surface area contributed by atoms with Gasteiger partial charge < -0.3 is 9.88 Å². The van der Waals surface area contributed by atoms with Gasteiger partial charge in [-0.05, 0) is 6.07 Å². The quantitative estimate of drug-likeness (QED) is 0.795. The lowest BCUT2D eigenvalue weighted by atomic mass is 10.5. The Labute approximate surface area is 96.5 Å². The average Bonchev–Trinajstić information content (AvgIpc) is 2.28. The van der Waals surface area contributed by atoms with E-state index in [4.69, 9.17) is 0 Å². The number of aromatic nitrogens is 2. The number of nitrogens with one attached hydrogen (secondary N) is 1. The van der Waals surface area contributed by atoms with E-state index in [0.29, 0.717) is 0 Å². The van der Waals surface area contributed by atoms with E-state index < -0.39 is 0 Å². The molecule has 5 heteroatoms. The van der Waals surface area contributed by atoms with Crippen molar-refractivity contribution in [1.82, 2.24) is 9.55 Å². The van der Waals surface area contributed by atoms with Crippen molar-refractivity contribution in [2.24, 2.45) is 7.05 Å². The second kappa shape index (κ2) is 9.89. The van der Waals surface area contributed by atoms with Crippen LogP contribution in [0.25, 0.3) is 0 Å². The van der Waals surface area contributed by atoms with Gasteiger partial charge in [0.25, 0.3) is 0 Å². The van der Waals surface area contributed by atoms with Gasteiger partial charge in [-0.15, -0.1) is 0 Å². The third-order valence-electron chi connectivity index (χ3n) is 1.28. The Bertz CT molecular complexity index is 358. The minimum absolute atomic E-state index is 0.240. The maximum atomic E-state index is 10.9. The fraction of sp³-hybridized carbons (Fsp3) is 0.545. The van der Waals surface area contributed by atoms with Crippen molar-refractivity contribution < 1.29 is 4.79 Å². The molecule has 1 heterocycles. The number of rotatable bonds is 1. The first-order valence-corrected chi connectivity index (χ1v) is 5.41. The highest BCUT2D eigenvalue weighted by Crippen LogP contribution is 1.95. The second-order valence-electron chi connectivity index (χ2n) is 2.39. The molecule has 1 N–H and O–H groups in total. The maximum Gasteiger partial charge on any atom is 0.349 e. The summed E-state index contributed by atoms with van der Waals surface area (Å²) < 4.78 is 1.32. The Hall–Kier alpha value is -1.65. The molecule has 0 radical (unpaired) electrons. The molecule has 0 aromatic carbocycles. The van der Waals surface area contributed by atoms with Gasteiger partial charge in [-0.3, -0.25) is 4.79 Å². The second-order valence-corrected chi connectivity index (χ2v) is 2.39. The smallest absolute Gasteiger partial charge is 0.311 e. The van der Waals surface area contributed by atoms with Gasteiger partial charge in [0.1, 0.15) is 5.82 Å². The fourth-order valence-electron chi connectivity index (χ4n) is 0.715. The highest BCUT2D eigenvalue weighted by Gasteiger charge is 1.97. The molecule has 1 rings (SSSR count). The number of nitrogens with zero attached hydrogens (tertiary/aromatic N) is 2. The van der Waals surface area contributed by atoms with Gasteiger partial charge in [-0.2, -0.15) is 4.98 Å². The van der Waals surface area contributed by atoms with E-state index in [1.807, 2.05) is 27.7 Å². The molecular formula is C11H21N3O2. The van der Waals surface area contributed by atoms with Crippen LogP contribution in [0.3, 0.4) is 0 Å². The summed E-state index contributed by atoms with van der Waals surface area (Å²) in [5.74, 6) is 0.0429. The van der Waals surface area contributed by atoms with Gasteiger partial charge in [0.05, 0.1) is 0 Å². The van der Waals surface area contributed by atoms with E-state index in [1.54, 1.807) is 19.3 Å². The van der Waals surface area contributed by atoms with E-state index in [0.717, 1.165) is 0 Å². The van der Waals surface area contributed by atoms with Gasteiger partial charge in [-0.1, -0.05) is 27.7 Å². The fourth-order valence-corrected chi connectivity index (χ4v) is 0.715. The SMILES string of the molecule is CC.CC.CC(=O)Nc1ccn(C)c(=O)n1. The molecule has 0 bridgehead atoms. The Balaban J connectivity index is 0. The first-order chi connectivity index (χ1) is 7.59. The highest BCUT2D eigenvalue weighted by atomic mass is 16.2. The molecule has 0 aliphatic rings. The maximum absolute atomic E-state index is 10.9. The molecule has 0 saturated heterocycles. The van der Waals surface area contributed by atoms with Gasteiger partial charge in [0.15, 0.2) is 0 Å². The Morgan fingerprint density at radius 1 is 1.31 bits per heavy atom. The highest BCUT2D eigenvalue weighted by molar-refractivity contribution is 5.87. The number of amides is 1. The van der Waals surface area contributed by atoms with Crippen molar-refractivity contribution in [2.45, 2.75) is 34.6 Å². The van der Waals surface area contributed by atoms with Crippen LogP contribution in [0, 0.1) is 0 Å². The van der Waals surface area contributed by atoms with E-state index in [9.17, 15) is 9.59 Å². The van der Waals surface area contributed by atoms with E-state index >= 15 is 0 Å². The molecule has 0 unspecified atom stereocenters. The number of aryl methyl sites for hydroxylation is 1. The molecule has 0 fully saturated rings. The van der Waals surface area contributed by atoms with Crippen LogP contribution < -0.4 is 11.0 Å². The first kappa shape index (κ1) is 16.8. The van der Waals surface area contributed by atoms with Crippen molar-refractivity contribution in [1.29, 1.82) is 0 Å². The van der Waals surface area contributed by atoms with Crippen LogP contribution in [0.15, 0.2) is 17.1 Å². The lowest BCUT2D eigenvalue weighted by Gasteiger charge is -2.00. The van der Waals surface area contributed by atoms with E-state index in [1.165, 1.54) is 11.5 Å². The number of hydrogen-bond donors (Lipinski definition) is 1. The van der Waals surface area contributed by atoms with Crippen LogP contribution in [-0.4, -0.2) is 15.5 Å². The van der Waals surface area contributed by atoms with Crippen LogP contribution in [0.4, 0.5) is 5.82 Å². The first-order valence-electron chi connectivity index (χ1n) is 5.41. The zero-order valence-electron chi connectivity index (χ0n) is 10.9. The standard InChI is InChI=1S/C7H9N3O2.2C2H6/c1-5(11)8-6-3-4-10(2)7(12)9-6;2*1-2/h3-4H,1-2H3,(H,8,9,11,12);2*1-2H3. The summed E-state index contributed by atoms with van der Waals surface area (Å²) in [4.78, 5) is 25.1. The predicted octanol–water partition coefficient (Wildman–Crippen LogP) is 1.79. The lowest BCUT2D eigenvalue weighted by molar-refractivity contribution is -0.114. The molecule has 0 spiro atoms. The number of anilines is 1. The van der Waals surface area contributed by atoms with E-state index in [-0.39, 0.29) is 17.4 Å². The number of carbonyl (C=O) groups is 1. The molecule has 0 atom stereocenters. The number of hydrogen-bond acceptors (Lipinski definition) is 3. The number of carbonyl (C=O) groups excluding carboxylic acids is 1. The summed E-state index contributed by atoms with van der Waals surface area (Å²) in [6, 6.07) is 1.56. The molecule has 16 heavy (non-hydrogen) atoms. The molecule has 1 aromatic heterocycles. The van der Waals surface area contributed by atoms with Crippen LogP contribution in [-0.2, 0) is 11.8 Å². The van der Waals surface area contributed by atoms with Crippen LogP contribution in [0.2, 0.25) is 0 Å². The van der Waals surface area contributed by atoms with Crippen LogP contribution >= 0.6 is 0 Å². The molecular weight excluding hydrogens is 206 g/mol. The molecule has 0 aliphatic heterocycles. The van der Waals surface area contributed by atoms with Gasteiger partial charge >= 0.3 is 5.69 Å². The topological polar surface area (TPSA) is 64.0 Å². The molecule has 0 saturated carbocycles. The predicted molar refractivity (Wildman–Crippen MR) is 66.5 cm³/mol. The third kappa shape index (κ3) is 6.75. The zero-order chi connectivity index (χ0) is 13.1. The Morgan fingerprint density at radius 3 is 2.19 bits per heavy atom.